The molecule has 172 valence electrons. The summed E-state index contributed by atoms with van der Waals surface area (Å²) in [5, 5.41) is 8.43. The van der Waals surface area contributed by atoms with Crippen LogP contribution >= 0.6 is 11.3 Å². The van der Waals surface area contributed by atoms with Crippen molar-refractivity contribution in [3.63, 3.8) is 0 Å². The number of fused-ring (bicyclic) bond motifs is 1. The van der Waals surface area contributed by atoms with Gasteiger partial charge in [-0.25, -0.2) is 14.6 Å². The topological polar surface area (TPSA) is 99.6 Å². The lowest BCUT2D eigenvalue weighted by Crippen LogP contribution is -2.27. The molecule has 0 atom stereocenters. The predicted molar refractivity (Wildman–Crippen MR) is 131 cm³/mol. The fourth-order valence-corrected chi connectivity index (χ4v) is 4.64. The molecule has 0 fully saturated rings. The van der Waals surface area contributed by atoms with Crippen LogP contribution in [0.4, 0.5) is 0 Å². The fraction of sp³-hybridized carbons (Fsp3) is 0.208. The number of hydrogen-bond donors (Lipinski definition) is 1. The fourth-order valence-electron chi connectivity index (χ4n) is 3.68. The Labute approximate surface area is 199 Å². The molecule has 0 saturated heterocycles. The summed E-state index contributed by atoms with van der Waals surface area (Å²) in [5.74, 6) is -0.182. The number of carbonyl (C=O) groups excluding carboxylic acids is 1. The largest absolute Gasteiger partial charge is 0.349 e. The summed E-state index contributed by atoms with van der Waals surface area (Å²) in [5.41, 5.74) is 3.25. The Morgan fingerprint density at radius 2 is 1.88 bits per heavy atom. The third-order valence-electron chi connectivity index (χ3n) is 5.52. The molecule has 4 aromatic heterocycles. The number of nitrogens with one attached hydrogen (secondary N) is 1. The van der Waals surface area contributed by atoms with E-state index in [0.29, 0.717) is 41.2 Å². The number of rotatable bonds is 7. The van der Waals surface area contributed by atoms with Crippen LogP contribution in [-0.2, 0) is 13.1 Å². The van der Waals surface area contributed by atoms with Crippen LogP contribution in [0.2, 0.25) is 0 Å². The van der Waals surface area contributed by atoms with E-state index in [9.17, 15) is 9.59 Å². The summed E-state index contributed by atoms with van der Waals surface area (Å²) in [6.45, 7) is 5.04. The van der Waals surface area contributed by atoms with E-state index in [-0.39, 0.29) is 11.5 Å². The van der Waals surface area contributed by atoms with Gasteiger partial charge in [0, 0.05) is 18.9 Å². The van der Waals surface area contributed by atoms with Gasteiger partial charge in [0.15, 0.2) is 10.8 Å². The number of carbonyl (C=O) groups is 1. The summed E-state index contributed by atoms with van der Waals surface area (Å²) >= 11 is 1.34. The lowest BCUT2D eigenvalue weighted by Gasteiger charge is -2.07. The van der Waals surface area contributed by atoms with Gasteiger partial charge in [-0.2, -0.15) is 5.10 Å². The Morgan fingerprint density at radius 3 is 2.65 bits per heavy atom. The number of nitrogens with zero attached hydrogens (tertiary/aromatic N) is 6. The van der Waals surface area contributed by atoms with Crippen LogP contribution in [0.3, 0.4) is 0 Å². The van der Waals surface area contributed by atoms with Crippen molar-refractivity contribution < 1.29 is 4.79 Å². The van der Waals surface area contributed by atoms with Crippen LogP contribution in [0.25, 0.3) is 16.2 Å². The Balaban J connectivity index is 1.26. The molecular formula is C24H23N7O2S. The van der Waals surface area contributed by atoms with Gasteiger partial charge in [-0.3, -0.25) is 14.2 Å². The monoisotopic (exact) mass is 473 g/mol. The van der Waals surface area contributed by atoms with Gasteiger partial charge < -0.3 is 9.88 Å². The molecule has 1 aromatic carbocycles. The molecule has 0 aliphatic carbocycles. The van der Waals surface area contributed by atoms with E-state index in [4.69, 9.17) is 0 Å². The first-order chi connectivity index (χ1) is 16.5. The second-order valence-electron chi connectivity index (χ2n) is 8.03. The van der Waals surface area contributed by atoms with Crippen molar-refractivity contribution in [2.24, 2.45) is 0 Å². The lowest BCUT2D eigenvalue weighted by atomic mass is 10.1. The number of aromatic nitrogens is 6. The van der Waals surface area contributed by atoms with E-state index in [0.717, 1.165) is 10.7 Å². The zero-order valence-corrected chi connectivity index (χ0v) is 19.6. The van der Waals surface area contributed by atoms with Crippen molar-refractivity contribution in [3.8, 4) is 5.13 Å². The van der Waals surface area contributed by atoms with Crippen LogP contribution in [0.1, 0.15) is 26.5 Å². The van der Waals surface area contributed by atoms with E-state index in [2.05, 4.69) is 20.4 Å². The van der Waals surface area contributed by atoms with Gasteiger partial charge in [0.25, 0.3) is 11.5 Å². The number of benzene rings is 1. The Hall–Kier alpha value is -4.05. The molecule has 0 unspecified atom stereocenters. The van der Waals surface area contributed by atoms with Crippen molar-refractivity contribution in [2.75, 3.05) is 6.54 Å². The summed E-state index contributed by atoms with van der Waals surface area (Å²) in [6, 6.07) is 11.9. The van der Waals surface area contributed by atoms with E-state index < -0.39 is 0 Å². The predicted octanol–water partition coefficient (Wildman–Crippen LogP) is 2.94. The number of aryl methyl sites for hydroxylation is 2. The van der Waals surface area contributed by atoms with Crippen molar-refractivity contribution in [2.45, 2.75) is 26.9 Å². The zero-order valence-electron chi connectivity index (χ0n) is 18.8. The molecule has 4 heterocycles. The molecular weight excluding hydrogens is 450 g/mol. The summed E-state index contributed by atoms with van der Waals surface area (Å²) in [6.07, 6.45) is 6.87. The van der Waals surface area contributed by atoms with Crippen LogP contribution in [0.15, 0.2) is 66.1 Å². The highest BCUT2D eigenvalue weighted by atomic mass is 32.1. The minimum absolute atomic E-state index is 0.140. The van der Waals surface area contributed by atoms with Crippen molar-refractivity contribution in [1.82, 2.24) is 34.2 Å². The number of thiazole rings is 1. The van der Waals surface area contributed by atoms with Crippen molar-refractivity contribution in [3.05, 3.63) is 93.4 Å². The van der Waals surface area contributed by atoms with Gasteiger partial charge in [0.2, 0.25) is 0 Å². The van der Waals surface area contributed by atoms with Gasteiger partial charge >= 0.3 is 0 Å². The highest BCUT2D eigenvalue weighted by molar-refractivity contribution is 7.16. The third-order valence-corrected chi connectivity index (χ3v) is 6.69. The Morgan fingerprint density at radius 1 is 1.12 bits per heavy atom. The van der Waals surface area contributed by atoms with Gasteiger partial charge in [-0.15, -0.1) is 0 Å². The van der Waals surface area contributed by atoms with E-state index in [1.165, 1.54) is 23.1 Å². The molecule has 5 aromatic rings. The van der Waals surface area contributed by atoms with Gasteiger partial charge in [-0.05, 0) is 31.5 Å². The highest BCUT2D eigenvalue weighted by Gasteiger charge is 2.16. The van der Waals surface area contributed by atoms with Crippen LogP contribution < -0.4 is 10.9 Å². The maximum Gasteiger partial charge on any atom is 0.264 e. The summed E-state index contributed by atoms with van der Waals surface area (Å²) in [7, 11) is 0. The molecule has 0 spiro atoms. The quantitative estimate of drug-likeness (QED) is 0.392. The molecule has 1 amide bonds. The molecule has 0 aliphatic heterocycles. The molecule has 9 nitrogen and oxygen atoms in total. The van der Waals surface area contributed by atoms with Gasteiger partial charge in [-0.1, -0.05) is 41.2 Å². The second-order valence-corrected chi connectivity index (χ2v) is 9.00. The molecule has 0 aliphatic rings. The number of hydrogen-bond acceptors (Lipinski definition) is 6. The van der Waals surface area contributed by atoms with Gasteiger partial charge in [0.05, 0.1) is 25.0 Å². The molecule has 0 bridgehead atoms. The van der Waals surface area contributed by atoms with Gasteiger partial charge in [0.1, 0.15) is 16.6 Å². The Kier molecular flexibility index (Phi) is 5.81. The third kappa shape index (κ3) is 4.27. The first-order valence-corrected chi connectivity index (χ1v) is 11.7. The molecule has 0 radical (unpaired) electrons. The van der Waals surface area contributed by atoms with Crippen molar-refractivity contribution in [1.29, 1.82) is 0 Å². The van der Waals surface area contributed by atoms with E-state index >= 15 is 0 Å². The standard InChI is InChI=1S/C24H23N7O2S/c1-16-5-7-18(8-6-16)14-30-15-26-21-19(23(30)33)13-27-31(21)12-9-25-22(32)20-17(2)28-24(34-20)29-10-3-4-11-29/h3-8,10-11,13,15H,9,12,14H2,1-2H3,(H,25,32). The zero-order chi connectivity index (χ0) is 23.7. The summed E-state index contributed by atoms with van der Waals surface area (Å²) in [4.78, 5) is 35.1. The molecule has 1 N–H and O–H groups in total. The average Bonchev–Trinajstić information content (AvgIpc) is 3.57. The molecule has 0 saturated carbocycles. The Bertz CT molecular complexity index is 1510. The normalized spacial score (nSPS) is 11.2. The maximum absolute atomic E-state index is 12.9. The average molecular weight is 474 g/mol. The number of amides is 1. The first kappa shape index (κ1) is 21.8. The second kappa shape index (κ2) is 9.06. The minimum Gasteiger partial charge on any atom is -0.349 e. The van der Waals surface area contributed by atoms with Crippen LogP contribution in [0.5, 0.6) is 0 Å². The van der Waals surface area contributed by atoms with Crippen molar-refractivity contribution >= 4 is 28.3 Å². The maximum atomic E-state index is 12.9. The smallest absolute Gasteiger partial charge is 0.264 e. The van der Waals surface area contributed by atoms with E-state index in [1.54, 1.807) is 15.6 Å². The summed E-state index contributed by atoms with van der Waals surface area (Å²) < 4.78 is 5.09. The van der Waals surface area contributed by atoms with E-state index in [1.807, 2.05) is 67.2 Å². The SMILES string of the molecule is Cc1ccc(Cn2cnc3c(cnn3CCNC(=O)c3sc(-n4cccc4)nc3C)c2=O)cc1. The molecule has 5 rings (SSSR count). The van der Waals surface area contributed by atoms with Crippen LogP contribution in [-0.4, -0.2) is 41.3 Å². The lowest BCUT2D eigenvalue weighted by molar-refractivity contribution is 0.0955. The molecule has 10 heteroatoms. The minimum atomic E-state index is -0.182. The molecule has 34 heavy (non-hydrogen) atoms. The first-order valence-electron chi connectivity index (χ1n) is 10.8. The highest BCUT2D eigenvalue weighted by Crippen LogP contribution is 2.21. The van der Waals surface area contributed by atoms with Crippen LogP contribution in [0, 0.1) is 13.8 Å².